The molecule has 20 heavy (non-hydrogen) atoms. The largest absolute Gasteiger partial charge is 0.375 e. The fraction of sp³-hybridized carbons (Fsp3) is 1.00. The van der Waals surface area contributed by atoms with E-state index in [-0.39, 0.29) is 0 Å². The molecule has 0 spiro atoms. The Morgan fingerprint density at radius 2 is 1.00 bits per heavy atom. The van der Waals surface area contributed by atoms with Crippen molar-refractivity contribution in [2.45, 2.75) is 114 Å². The van der Waals surface area contributed by atoms with E-state index in [0.717, 1.165) is 12.1 Å². The van der Waals surface area contributed by atoms with Crippen molar-refractivity contribution in [2.24, 2.45) is 0 Å². The third-order valence-corrected chi connectivity index (χ3v) is 5.69. The molecule has 1 heterocycles. The Bertz CT molecular complexity index is 229. The van der Waals surface area contributed by atoms with Gasteiger partial charge in [0.15, 0.2) is 0 Å². The van der Waals surface area contributed by atoms with E-state index < -0.39 is 0 Å². The van der Waals surface area contributed by atoms with E-state index in [2.05, 4.69) is 5.32 Å². The summed E-state index contributed by atoms with van der Waals surface area (Å²) in [5.41, 5.74) is 0. The van der Waals surface area contributed by atoms with Gasteiger partial charge in [0.25, 0.3) is 0 Å². The van der Waals surface area contributed by atoms with Gasteiger partial charge in [-0.2, -0.15) is 0 Å². The SMILES string of the molecule is C1CCC2CCC(CC1)OC1CCCCCC(CC1)N2. The van der Waals surface area contributed by atoms with E-state index in [1.54, 1.807) is 0 Å². The van der Waals surface area contributed by atoms with Crippen LogP contribution < -0.4 is 5.32 Å². The summed E-state index contributed by atoms with van der Waals surface area (Å²) >= 11 is 0. The fourth-order valence-electron chi connectivity index (χ4n) is 4.44. The lowest BCUT2D eigenvalue weighted by Crippen LogP contribution is -2.40. The first kappa shape index (κ1) is 14.8. The highest BCUT2D eigenvalue weighted by Gasteiger charge is 2.25. The molecule has 0 radical (unpaired) electrons. The van der Waals surface area contributed by atoms with Gasteiger partial charge in [-0.05, 0) is 51.4 Å². The van der Waals surface area contributed by atoms with Crippen LogP contribution in [0.2, 0.25) is 0 Å². The highest BCUT2D eigenvalue weighted by Crippen LogP contribution is 2.28. The molecule has 1 aliphatic heterocycles. The Morgan fingerprint density at radius 1 is 0.500 bits per heavy atom. The molecule has 3 rings (SSSR count). The monoisotopic (exact) mass is 279 g/mol. The molecule has 2 nitrogen and oxygen atoms in total. The normalized spacial score (nSPS) is 40.8. The maximum atomic E-state index is 6.56. The molecule has 4 atom stereocenters. The lowest BCUT2D eigenvalue weighted by molar-refractivity contribution is -0.0348. The molecule has 3 fully saturated rings. The third kappa shape index (κ3) is 4.46. The number of rotatable bonds is 0. The van der Waals surface area contributed by atoms with Gasteiger partial charge in [-0.1, -0.05) is 38.5 Å². The summed E-state index contributed by atoms with van der Waals surface area (Å²) in [6.07, 6.45) is 20.2. The van der Waals surface area contributed by atoms with Crippen molar-refractivity contribution in [3.63, 3.8) is 0 Å². The van der Waals surface area contributed by atoms with Gasteiger partial charge in [-0.3, -0.25) is 0 Å². The van der Waals surface area contributed by atoms with E-state index in [4.69, 9.17) is 4.74 Å². The van der Waals surface area contributed by atoms with Crippen molar-refractivity contribution in [1.82, 2.24) is 5.32 Å². The van der Waals surface area contributed by atoms with E-state index in [0.29, 0.717) is 12.2 Å². The number of hydrogen-bond acceptors (Lipinski definition) is 2. The Labute approximate surface area is 125 Å². The Kier molecular flexibility index (Phi) is 5.78. The predicted molar refractivity (Wildman–Crippen MR) is 84.0 cm³/mol. The summed E-state index contributed by atoms with van der Waals surface area (Å²) in [5, 5.41) is 4.03. The Hall–Kier alpha value is -0.0800. The van der Waals surface area contributed by atoms with Gasteiger partial charge in [0.05, 0.1) is 12.2 Å². The third-order valence-electron chi connectivity index (χ3n) is 5.69. The van der Waals surface area contributed by atoms with Crippen LogP contribution in [0.3, 0.4) is 0 Å². The Balaban J connectivity index is 1.72. The summed E-state index contributed by atoms with van der Waals surface area (Å²) in [4.78, 5) is 0. The van der Waals surface area contributed by atoms with Crippen molar-refractivity contribution in [3.05, 3.63) is 0 Å². The number of hydrogen-bond donors (Lipinski definition) is 1. The highest BCUT2D eigenvalue weighted by atomic mass is 16.5. The summed E-state index contributed by atoms with van der Waals surface area (Å²) in [6.45, 7) is 0. The molecule has 2 aliphatic carbocycles. The molecular formula is C18H33NO. The quantitative estimate of drug-likeness (QED) is 0.701. The molecule has 2 saturated carbocycles. The van der Waals surface area contributed by atoms with E-state index >= 15 is 0 Å². The summed E-state index contributed by atoms with van der Waals surface area (Å²) < 4.78 is 6.56. The van der Waals surface area contributed by atoms with Crippen LogP contribution in [0, 0.1) is 0 Å². The van der Waals surface area contributed by atoms with Crippen LogP contribution in [0.4, 0.5) is 0 Å². The van der Waals surface area contributed by atoms with Gasteiger partial charge in [0.1, 0.15) is 0 Å². The van der Waals surface area contributed by atoms with Crippen LogP contribution in [-0.2, 0) is 4.74 Å². The van der Waals surface area contributed by atoms with E-state index in [1.165, 1.54) is 89.9 Å². The molecule has 1 saturated heterocycles. The molecule has 3 aliphatic rings. The fourth-order valence-corrected chi connectivity index (χ4v) is 4.44. The summed E-state index contributed by atoms with van der Waals surface area (Å²) in [7, 11) is 0. The van der Waals surface area contributed by atoms with Gasteiger partial charge in [0.2, 0.25) is 0 Å². The molecule has 1 N–H and O–H groups in total. The molecule has 4 unspecified atom stereocenters. The second kappa shape index (κ2) is 7.79. The van der Waals surface area contributed by atoms with Gasteiger partial charge in [0, 0.05) is 12.1 Å². The average Bonchev–Trinajstić information content (AvgIpc) is 2.64. The topological polar surface area (TPSA) is 21.3 Å². The van der Waals surface area contributed by atoms with Gasteiger partial charge in [-0.25, -0.2) is 0 Å². The zero-order valence-electron chi connectivity index (χ0n) is 13.1. The van der Waals surface area contributed by atoms with Crippen molar-refractivity contribution in [3.8, 4) is 0 Å². The van der Waals surface area contributed by atoms with Crippen molar-refractivity contribution < 1.29 is 4.74 Å². The summed E-state index contributed by atoms with van der Waals surface area (Å²) in [5.74, 6) is 0. The first-order valence-corrected chi connectivity index (χ1v) is 9.31. The van der Waals surface area contributed by atoms with Crippen LogP contribution in [0.5, 0.6) is 0 Å². The molecule has 2 heteroatoms. The number of nitrogens with one attached hydrogen (secondary N) is 1. The smallest absolute Gasteiger partial charge is 0.0579 e. The first-order chi connectivity index (χ1) is 9.90. The molecule has 0 aromatic carbocycles. The van der Waals surface area contributed by atoms with Crippen LogP contribution in [0.1, 0.15) is 89.9 Å². The van der Waals surface area contributed by atoms with E-state index in [1.807, 2.05) is 0 Å². The molecular weight excluding hydrogens is 246 g/mol. The average molecular weight is 279 g/mol. The van der Waals surface area contributed by atoms with Crippen molar-refractivity contribution in [1.29, 1.82) is 0 Å². The maximum Gasteiger partial charge on any atom is 0.0579 e. The lowest BCUT2D eigenvalue weighted by atomic mass is 9.97. The van der Waals surface area contributed by atoms with Gasteiger partial charge in [-0.15, -0.1) is 0 Å². The summed E-state index contributed by atoms with van der Waals surface area (Å²) in [6, 6.07) is 1.53. The molecule has 4 bridgehead atoms. The zero-order chi connectivity index (χ0) is 13.6. The molecule has 0 amide bonds. The van der Waals surface area contributed by atoms with Crippen molar-refractivity contribution in [2.75, 3.05) is 0 Å². The van der Waals surface area contributed by atoms with Crippen LogP contribution in [0.25, 0.3) is 0 Å². The lowest BCUT2D eigenvalue weighted by Gasteiger charge is -2.31. The van der Waals surface area contributed by atoms with Crippen molar-refractivity contribution >= 4 is 0 Å². The number of ether oxygens (including phenoxy) is 1. The second-order valence-electron chi connectivity index (χ2n) is 7.37. The first-order valence-electron chi connectivity index (χ1n) is 9.31. The minimum atomic E-state index is 0.555. The molecule has 0 aromatic heterocycles. The maximum absolute atomic E-state index is 6.56. The standard InChI is InChI=1S/C18H33NO/c1-3-7-15-11-13-17(9-5-1)20-18-10-6-2-4-8-16(19-15)12-14-18/h15-19H,1-14H2. The zero-order valence-corrected chi connectivity index (χ0v) is 13.1. The minimum Gasteiger partial charge on any atom is -0.375 e. The van der Waals surface area contributed by atoms with Crippen LogP contribution >= 0.6 is 0 Å². The minimum absolute atomic E-state index is 0.555. The predicted octanol–water partition coefficient (Wildman–Crippen LogP) is 4.57. The van der Waals surface area contributed by atoms with E-state index in [9.17, 15) is 0 Å². The van der Waals surface area contributed by atoms with Gasteiger partial charge >= 0.3 is 0 Å². The molecule has 116 valence electrons. The van der Waals surface area contributed by atoms with Crippen LogP contribution in [-0.4, -0.2) is 24.3 Å². The van der Waals surface area contributed by atoms with Crippen LogP contribution in [0.15, 0.2) is 0 Å². The number of fused-ring (bicyclic) bond motifs is 6. The molecule has 0 aromatic rings. The van der Waals surface area contributed by atoms with Gasteiger partial charge < -0.3 is 10.1 Å². The Morgan fingerprint density at radius 3 is 1.55 bits per heavy atom. The second-order valence-corrected chi connectivity index (χ2v) is 7.37. The highest BCUT2D eigenvalue weighted by molar-refractivity contribution is 4.81.